The minimum atomic E-state index is -0.289. The lowest BCUT2D eigenvalue weighted by Gasteiger charge is -2.10. The van der Waals surface area contributed by atoms with E-state index in [2.05, 4.69) is 20.8 Å². The number of para-hydroxylation sites is 1. The van der Waals surface area contributed by atoms with E-state index in [1.807, 2.05) is 68.4 Å². The van der Waals surface area contributed by atoms with E-state index >= 15 is 0 Å². The first-order valence-electron chi connectivity index (χ1n) is 9.78. The number of amides is 2. The van der Waals surface area contributed by atoms with Gasteiger partial charge in [-0.05, 0) is 43.7 Å². The van der Waals surface area contributed by atoms with Gasteiger partial charge in [0, 0.05) is 18.0 Å². The van der Waals surface area contributed by atoms with E-state index in [0.717, 1.165) is 11.3 Å². The van der Waals surface area contributed by atoms with Crippen LogP contribution >= 0.6 is 23.1 Å². The third kappa shape index (κ3) is 7.69. The van der Waals surface area contributed by atoms with E-state index in [4.69, 9.17) is 4.74 Å². The van der Waals surface area contributed by atoms with Gasteiger partial charge in [-0.1, -0.05) is 41.7 Å². The largest absolute Gasteiger partial charge is 0.491 e. The molecule has 7 nitrogen and oxygen atoms in total. The van der Waals surface area contributed by atoms with Crippen molar-refractivity contribution in [3.05, 3.63) is 70.2 Å². The van der Waals surface area contributed by atoms with Crippen LogP contribution < -0.4 is 15.4 Å². The molecule has 31 heavy (non-hydrogen) atoms. The van der Waals surface area contributed by atoms with Crippen molar-refractivity contribution in [2.75, 3.05) is 11.1 Å². The Morgan fingerprint density at radius 1 is 1.06 bits per heavy atom. The van der Waals surface area contributed by atoms with Crippen LogP contribution in [0.2, 0.25) is 0 Å². The van der Waals surface area contributed by atoms with Gasteiger partial charge >= 0.3 is 0 Å². The molecule has 0 spiro atoms. The summed E-state index contributed by atoms with van der Waals surface area (Å²) in [5.41, 5.74) is 1.71. The fourth-order valence-electron chi connectivity index (χ4n) is 2.55. The zero-order chi connectivity index (χ0) is 22.1. The molecular weight excluding hydrogens is 432 g/mol. The molecular formula is C22H24N4O3S2. The second-order valence-electron chi connectivity index (χ2n) is 6.90. The highest BCUT2D eigenvalue weighted by Gasteiger charge is 2.13. The number of nitrogens with one attached hydrogen (secondary N) is 2. The van der Waals surface area contributed by atoms with Crippen molar-refractivity contribution in [2.24, 2.45) is 0 Å². The maximum Gasteiger partial charge on any atom is 0.286 e. The summed E-state index contributed by atoms with van der Waals surface area (Å²) in [6, 6.07) is 16.9. The molecule has 2 amide bonds. The van der Waals surface area contributed by atoms with Gasteiger partial charge in [-0.15, -0.1) is 22.0 Å². The Bertz CT molecular complexity index is 992. The van der Waals surface area contributed by atoms with Crippen LogP contribution in [0.3, 0.4) is 0 Å². The molecule has 3 rings (SSSR count). The zero-order valence-electron chi connectivity index (χ0n) is 17.3. The average molecular weight is 457 g/mol. The topological polar surface area (TPSA) is 93.2 Å². The van der Waals surface area contributed by atoms with Crippen molar-refractivity contribution in [1.29, 1.82) is 0 Å². The first kappa shape index (κ1) is 22.8. The normalized spacial score (nSPS) is 10.7. The Kier molecular flexibility index (Phi) is 8.43. The molecule has 1 heterocycles. The summed E-state index contributed by atoms with van der Waals surface area (Å²) in [5.74, 6) is 1.29. The van der Waals surface area contributed by atoms with Crippen molar-refractivity contribution in [3.8, 4) is 5.75 Å². The number of ether oxygens (including phenoxy) is 1. The smallest absolute Gasteiger partial charge is 0.286 e. The highest BCUT2D eigenvalue weighted by atomic mass is 32.2. The molecule has 0 radical (unpaired) electrons. The molecule has 0 fully saturated rings. The van der Waals surface area contributed by atoms with Crippen molar-refractivity contribution in [1.82, 2.24) is 15.5 Å². The molecule has 0 unspecified atom stereocenters. The summed E-state index contributed by atoms with van der Waals surface area (Å²) in [7, 11) is 0. The number of carbonyl (C=O) groups is 2. The quantitative estimate of drug-likeness (QED) is 0.477. The second-order valence-corrected chi connectivity index (χ2v) is 8.95. The molecule has 0 aliphatic carbocycles. The van der Waals surface area contributed by atoms with Gasteiger partial charge in [0.25, 0.3) is 5.91 Å². The third-order valence-corrected chi connectivity index (χ3v) is 5.98. The first-order chi connectivity index (χ1) is 15.0. The van der Waals surface area contributed by atoms with Gasteiger partial charge in [0.2, 0.25) is 10.9 Å². The highest BCUT2D eigenvalue weighted by molar-refractivity contribution is 7.99. The number of aromatic nitrogens is 2. The number of rotatable bonds is 10. The minimum absolute atomic E-state index is 0.0564. The molecule has 9 heteroatoms. The lowest BCUT2D eigenvalue weighted by atomic mass is 10.2. The first-order valence-corrected chi connectivity index (χ1v) is 11.8. The predicted octanol–water partition coefficient (Wildman–Crippen LogP) is 4.13. The van der Waals surface area contributed by atoms with Crippen LogP contribution in [0.4, 0.5) is 5.69 Å². The number of hydrogen-bond acceptors (Lipinski definition) is 7. The number of nitrogens with zero attached hydrogens (tertiary/aromatic N) is 2. The van der Waals surface area contributed by atoms with Crippen molar-refractivity contribution in [2.45, 2.75) is 32.2 Å². The van der Waals surface area contributed by atoms with Crippen molar-refractivity contribution >= 4 is 40.6 Å². The van der Waals surface area contributed by atoms with E-state index < -0.39 is 0 Å². The van der Waals surface area contributed by atoms with Crippen molar-refractivity contribution in [3.63, 3.8) is 0 Å². The maximum atomic E-state index is 12.2. The molecule has 0 aliphatic heterocycles. The van der Waals surface area contributed by atoms with E-state index in [0.29, 0.717) is 33.8 Å². The fraction of sp³-hybridized carbons (Fsp3) is 0.273. The van der Waals surface area contributed by atoms with Crippen LogP contribution in [0.25, 0.3) is 0 Å². The predicted molar refractivity (Wildman–Crippen MR) is 125 cm³/mol. The average Bonchev–Trinajstić information content (AvgIpc) is 3.23. The van der Waals surface area contributed by atoms with Crippen molar-refractivity contribution < 1.29 is 14.3 Å². The van der Waals surface area contributed by atoms with E-state index in [-0.39, 0.29) is 17.9 Å². The number of anilines is 1. The molecule has 162 valence electrons. The lowest BCUT2D eigenvalue weighted by Crippen LogP contribution is -2.24. The van der Waals surface area contributed by atoms with Crippen LogP contribution in [-0.2, 0) is 17.1 Å². The summed E-state index contributed by atoms with van der Waals surface area (Å²) in [4.78, 5) is 24.3. The molecule has 0 bridgehead atoms. The van der Waals surface area contributed by atoms with Gasteiger partial charge in [0.1, 0.15) is 10.8 Å². The molecule has 0 atom stereocenters. The van der Waals surface area contributed by atoms with Crippen LogP contribution in [0, 0.1) is 0 Å². The summed E-state index contributed by atoms with van der Waals surface area (Å²) >= 11 is 2.66. The molecule has 2 aromatic carbocycles. The summed E-state index contributed by atoms with van der Waals surface area (Å²) in [6.45, 7) is 4.42. The Morgan fingerprint density at radius 2 is 1.81 bits per heavy atom. The maximum absolute atomic E-state index is 12.2. The Balaban J connectivity index is 1.37. The summed E-state index contributed by atoms with van der Waals surface area (Å²) in [5, 5.41) is 14.7. The summed E-state index contributed by atoms with van der Waals surface area (Å²) in [6.07, 6.45) is 0.130. The van der Waals surface area contributed by atoms with Gasteiger partial charge in [0.15, 0.2) is 0 Å². The Hall–Kier alpha value is -2.91. The molecule has 0 saturated carbocycles. The fourth-order valence-corrected chi connectivity index (χ4v) is 4.19. The molecule has 0 saturated heterocycles. The number of carbonyl (C=O) groups excluding carboxylic acids is 2. The lowest BCUT2D eigenvalue weighted by molar-refractivity contribution is -0.118. The minimum Gasteiger partial charge on any atom is -0.491 e. The monoisotopic (exact) mass is 456 g/mol. The third-order valence-electron chi connectivity index (χ3n) is 3.94. The van der Waals surface area contributed by atoms with Gasteiger partial charge in [-0.2, -0.15) is 0 Å². The number of thioether (sulfide) groups is 1. The highest BCUT2D eigenvalue weighted by Crippen LogP contribution is 2.18. The van der Waals surface area contributed by atoms with Gasteiger partial charge in [-0.25, -0.2) is 0 Å². The molecule has 3 aromatic rings. The molecule has 0 aliphatic rings. The Labute approximate surface area is 189 Å². The number of benzene rings is 2. The van der Waals surface area contributed by atoms with Crippen LogP contribution in [0.1, 0.15) is 34.2 Å². The summed E-state index contributed by atoms with van der Waals surface area (Å²) < 4.78 is 5.61. The SMILES string of the molecule is CC(C)Oc1ccc(CNC(=O)CSCc2nnc(C(=O)Nc3ccccc3)s2)cc1. The molecule has 1 aromatic heterocycles. The Morgan fingerprint density at radius 3 is 2.52 bits per heavy atom. The van der Waals surface area contributed by atoms with Gasteiger partial charge in [0.05, 0.1) is 11.9 Å². The van der Waals surface area contributed by atoms with Crippen LogP contribution in [-0.4, -0.2) is 33.9 Å². The van der Waals surface area contributed by atoms with Gasteiger partial charge in [-0.3, -0.25) is 9.59 Å². The zero-order valence-corrected chi connectivity index (χ0v) is 19.0. The van der Waals surface area contributed by atoms with E-state index in [1.165, 1.54) is 23.1 Å². The number of hydrogen-bond donors (Lipinski definition) is 2. The van der Waals surface area contributed by atoms with E-state index in [9.17, 15) is 9.59 Å². The molecule has 2 N–H and O–H groups in total. The van der Waals surface area contributed by atoms with Crippen LogP contribution in [0.15, 0.2) is 54.6 Å². The van der Waals surface area contributed by atoms with E-state index in [1.54, 1.807) is 0 Å². The van der Waals surface area contributed by atoms with Gasteiger partial charge < -0.3 is 15.4 Å². The van der Waals surface area contributed by atoms with Crippen LogP contribution in [0.5, 0.6) is 5.75 Å². The standard InChI is InChI=1S/C22H24N4O3S2/c1-15(2)29-18-10-8-16(9-11-18)12-23-19(27)13-30-14-20-25-26-22(31-20)21(28)24-17-6-4-3-5-7-17/h3-11,15H,12-14H2,1-2H3,(H,23,27)(H,24,28). The second kappa shape index (κ2) is 11.5.